The summed E-state index contributed by atoms with van der Waals surface area (Å²) in [7, 11) is 0. The van der Waals surface area contributed by atoms with Gasteiger partial charge in [-0.3, -0.25) is 4.98 Å². The Balaban J connectivity index is 2.51. The second-order valence-electron chi connectivity index (χ2n) is 3.24. The van der Waals surface area contributed by atoms with E-state index < -0.39 is 6.10 Å². The average molecular weight is 215 g/mol. The van der Waals surface area contributed by atoms with Crippen molar-refractivity contribution < 1.29 is 5.11 Å². The third-order valence-electron chi connectivity index (χ3n) is 2.08. The second-order valence-corrected chi connectivity index (χ2v) is 3.60. The highest BCUT2D eigenvalue weighted by molar-refractivity contribution is 6.30. The van der Waals surface area contributed by atoms with Crippen LogP contribution >= 0.6 is 11.6 Å². The van der Waals surface area contributed by atoms with Gasteiger partial charge in [-0.25, -0.2) is 4.98 Å². The first kappa shape index (κ1) is 11.4. The molecule has 0 bridgehead atoms. The van der Waals surface area contributed by atoms with Crippen LogP contribution in [0.1, 0.15) is 44.4 Å². The molecule has 4 heteroatoms. The molecule has 78 valence electrons. The van der Waals surface area contributed by atoms with Gasteiger partial charge in [0.25, 0.3) is 0 Å². The number of hydrogen-bond acceptors (Lipinski definition) is 3. The van der Waals surface area contributed by atoms with Gasteiger partial charge in [0.2, 0.25) is 0 Å². The van der Waals surface area contributed by atoms with E-state index in [0.717, 1.165) is 19.3 Å². The molecule has 1 heterocycles. The van der Waals surface area contributed by atoms with Crippen molar-refractivity contribution in [3.63, 3.8) is 0 Å². The highest BCUT2D eigenvalue weighted by Crippen LogP contribution is 2.22. The van der Waals surface area contributed by atoms with E-state index in [2.05, 4.69) is 16.9 Å². The summed E-state index contributed by atoms with van der Waals surface area (Å²) in [6.45, 7) is 2.13. The SMILES string of the molecule is CCCCCC(O)c1nccnc1Cl. The first-order valence-corrected chi connectivity index (χ1v) is 5.28. The fourth-order valence-corrected chi connectivity index (χ4v) is 1.51. The van der Waals surface area contributed by atoms with Crippen LogP contribution in [-0.4, -0.2) is 15.1 Å². The number of aliphatic hydroxyl groups is 1. The van der Waals surface area contributed by atoms with Crippen LogP contribution in [0, 0.1) is 0 Å². The second kappa shape index (κ2) is 5.94. The van der Waals surface area contributed by atoms with E-state index in [1.165, 1.54) is 6.20 Å². The molecule has 0 aromatic carbocycles. The Labute approximate surface area is 89.2 Å². The fraction of sp³-hybridized carbons (Fsp3) is 0.600. The Morgan fingerprint density at radius 1 is 1.36 bits per heavy atom. The lowest BCUT2D eigenvalue weighted by atomic mass is 10.1. The van der Waals surface area contributed by atoms with E-state index in [-0.39, 0.29) is 0 Å². The summed E-state index contributed by atoms with van der Waals surface area (Å²) in [5, 5.41) is 10.0. The van der Waals surface area contributed by atoms with Crippen LogP contribution in [0.3, 0.4) is 0 Å². The molecule has 1 rings (SSSR count). The molecule has 14 heavy (non-hydrogen) atoms. The van der Waals surface area contributed by atoms with Crippen molar-refractivity contribution in [1.29, 1.82) is 0 Å². The quantitative estimate of drug-likeness (QED) is 0.767. The number of rotatable bonds is 5. The van der Waals surface area contributed by atoms with Gasteiger partial charge in [0.1, 0.15) is 5.69 Å². The zero-order chi connectivity index (χ0) is 10.4. The van der Waals surface area contributed by atoms with Crippen molar-refractivity contribution in [3.05, 3.63) is 23.2 Å². The minimum Gasteiger partial charge on any atom is -0.387 e. The highest BCUT2D eigenvalue weighted by atomic mass is 35.5. The maximum atomic E-state index is 9.74. The lowest BCUT2D eigenvalue weighted by Gasteiger charge is -2.09. The Kier molecular flexibility index (Phi) is 4.84. The molecule has 0 amide bonds. The monoisotopic (exact) mass is 214 g/mol. The molecular weight excluding hydrogens is 200 g/mol. The summed E-state index contributed by atoms with van der Waals surface area (Å²) >= 11 is 5.80. The van der Waals surface area contributed by atoms with Crippen LogP contribution in [0.5, 0.6) is 0 Å². The van der Waals surface area contributed by atoms with Gasteiger partial charge in [-0.2, -0.15) is 0 Å². The first-order valence-electron chi connectivity index (χ1n) is 4.90. The lowest BCUT2D eigenvalue weighted by Crippen LogP contribution is -2.02. The van der Waals surface area contributed by atoms with Crippen molar-refractivity contribution >= 4 is 11.6 Å². The summed E-state index contributed by atoms with van der Waals surface area (Å²) in [6.07, 6.45) is 6.43. The predicted octanol–water partition coefficient (Wildman–Crippen LogP) is 2.74. The standard InChI is InChI=1S/C10H15ClN2O/c1-2-3-4-5-8(14)9-10(11)13-7-6-12-9/h6-8,14H,2-5H2,1H3. The van der Waals surface area contributed by atoms with E-state index in [9.17, 15) is 5.11 Å². The van der Waals surface area contributed by atoms with Gasteiger partial charge < -0.3 is 5.11 Å². The van der Waals surface area contributed by atoms with Crippen molar-refractivity contribution in [2.45, 2.75) is 38.7 Å². The van der Waals surface area contributed by atoms with E-state index in [1.54, 1.807) is 6.20 Å². The van der Waals surface area contributed by atoms with Crippen LogP contribution in [0.25, 0.3) is 0 Å². The maximum absolute atomic E-state index is 9.74. The van der Waals surface area contributed by atoms with Crippen molar-refractivity contribution in [2.75, 3.05) is 0 Å². The maximum Gasteiger partial charge on any atom is 0.153 e. The van der Waals surface area contributed by atoms with Crippen molar-refractivity contribution in [2.24, 2.45) is 0 Å². The molecule has 0 aliphatic heterocycles. The molecule has 1 atom stereocenters. The number of aliphatic hydroxyl groups excluding tert-OH is 1. The summed E-state index contributed by atoms with van der Waals surface area (Å²) < 4.78 is 0. The molecule has 1 unspecified atom stereocenters. The van der Waals surface area contributed by atoms with Crippen LogP contribution in [0.15, 0.2) is 12.4 Å². The zero-order valence-corrected chi connectivity index (χ0v) is 9.04. The molecule has 0 saturated carbocycles. The molecule has 3 nitrogen and oxygen atoms in total. The van der Waals surface area contributed by atoms with Gasteiger partial charge in [0.15, 0.2) is 5.15 Å². The third kappa shape index (κ3) is 3.24. The molecule has 0 spiro atoms. The van der Waals surface area contributed by atoms with E-state index in [0.29, 0.717) is 17.3 Å². The Morgan fingerprint density at radius 2 is 2.07 bits per heavy atom. The van der Waals surface area contributed by atoms with Crippen LogP contribution in [0.4, 0.5) is 0 Å². The fourth-order valence-electron chi connectivity index (χ4n) is 1.28. The van der Waals surface area contributed by atoms with Gasteiger partial charge in [0.05, 0.1) is 6.10 Å². The summed E-state index contributed by atoms with van der Waals surface area (Å²) in [4.78, 5) is 7.88. The van der Waals surface area contributed by atoms with E-state index in [1.807, 2.05) is 0 Å². The molecule has 0 radical (unpaired) electrons. The molecule has 1 aromatic heterocycles. The summed E-state index contributed by atoms with van der Waals surface area (Å²) in [5.41, 5.74) is 0.491. The van der Waals surface area contributed by atoms with Gasteiger partial charge in [-0.1, -0.05) is 37.8 Å². The Morgan fingerprint density at radius 3 is 2.71 bits per heavy atom. The number of halogens is 1. The smallest absolute Gasteiger partial charge is 0.153 e. The van der Waals surface area contributed by atoms with Crippen LogP contribution in [0.2, 0.25) is 5.15 Å². The van der Waals surface area contributed by atoms with Crippen molar-refractivity contribution in [3.8, 4) is 0 Å². The molecular formula is C10H15ClN2O. The van der Waals surface area contributed by atoms with Gasteiger partial charge >= 0.3 is 0 Å². The Bertz CT molecular complexity index is 281. The average Bonchev–Trinajstić information content (AvgIpc) is 2.18. The summed E-state index contributed by atoms with van der Waals surface area (Å²) in [5.74, 6) is 0. The predicted molar refractivity (Wildman–Crippen MR) is 56.1 cm³/mol. The molecule has 1 aromatic rings. The molecule has 0 aliphatic rings. The third-order valence-corrected chi connectivity index (χ3v) is 2.37. The molecule has 0 fully saturated rings. The highest BCUT2D eigenvalue weighted by Gasteiger charge is 2.12. The lowest BCUT2D eigenvalue weighted by molar-refractivity contribution is 0.158. The molecule has 0 saturated heterocycles. The van der Waals surface area contributed by atoms with Crippen LogP contribution < -0.4 is 0 Å². The van der Waals surface area contributed by atoms with Gasteiger partial charge in [-0.15, -0.1) is 0 Å². The van der Waals surface area contributed by atoms with E-state index in [4.69, 9.17) is 11.6 Å². The minimum atomic E-state index is -0.581. The van der Waals surface area contributed by atoms with E-state index >= 15 is 0 Å². The number of aromatic nitrogens is 2. The van der Waals surface area contributed by atoms with Gasteiger partial charge in [-0.05, 0) is 6.42 Å². The van der Waals surface area contributed by atoms with Crippen molar-refractivity contribution in [1.82, 2.24) is 9.97 Å². The number of hydrogen-bond donors (Lipinski definition) is 1. The van der Waals surface area contributed by atoms with Crippen LogP contribution in [-0.2, 0) is 0 Å². The van der Waals surface area contributed by atoms with Gasteiger partial charge in [0, 0.05) is 12.4 Å². The number of unbranched alkanes of at least 4 members (excludes halogenated alkanes) is 2. The first-order chi connectivity index (χ1) is 6.75. The number of nitrogens with zero attached hydrogens (tertiary/aromatic N) is 2. The largest absolute Gasteiger partial charge is 0.387 e. The zero-order valence-electron chi connectivity index (χ0n) is 8.28. The minimum absolute atomic E-state index is 0.302. The Hall–Kier alpha value is -0.670. The topological polar surface area (TPSA) is 46.0 Å². The summed E-state index contributed by atoms with van der Waals surface area (Å²) in [6, 6.07) is 0. The molecule has 0 aliphatic carbocycles. The normalized spacial score (nSPS) is 12.8. The molecule has 1 N–H and O–H groups in total.